The highest BCUT2D eigenvalue weighted by molar-refractivity contribution is 5.85. The monoisotopic (exact) mass is 265 g/mol. The Morgan fingerprint density at radius 2 is 1.89 bits per heavy atom. The normalized spacial score (nSPS) is 13.2. The molecule has 104 valence electrons. The van der Waals surface area contributed by atoms with Crippen molar-refractivity contribution in [2.24, 2.45) is 0 Å². The number of methoxy groups -OCH3 is 1. The van der Waals surface area contributed by atoms with Crippen molar-refractivity contribution in [3.63, 3.8) is 0 Å². The third-order valence-electron chi connectivity index (χ3n) is 2.72. The van der Waals surface area contributed by atoms with Crippen molar-refractivity contribution in [1.29, 1.82) is 0 Å². The topological polar surface area (TPSA) is 64.6 Å². The van der Waals surface area contributed by atoms with Gasteiger partial charge in [0.05, 0.1) is 7.11 Å². The second-order valence-corrected chi connectivity index (χ2v) is 4.40. The molecule has 1 amide bonds. The zero-order chi connectivity index (χ0) is 14.3. The summed E-state index contributed by atoms with van der Waals surface area (Å²) in [4.78, 5) is 23.5. The van der Waals surface area contributed by atoms with E-state index < -0.39 is 17.6 Å². The molecule has 0 spiro atoms. The van der Waals surface area contributed by atoms with Gasteiger partial charge in [-0.15, -0.1) is 0 Å². The van der Waals surface area contributed by atoms with E-state index in [4.69, 9.17) is 9.47 Å². The van der Waals surface area contributed by atoms with E-state index in [1.54, 1.807) is 31.2 Å². The average Bonchev–Trinajstić information content (AvgIpc) is 2.38. The van der Waals surface area contributed by atoms with E-state index in [-0.39, 0.29) is 0 Å². The Labute approximate surface area is 112 Å². The van der Waals surface area contributed by atoms with Gasteiger partial charge in [-0.25, -0.2) is 9.59 Å². The highest BCUT2D eigenvalue weighted by Crippen LogP contribution is 2.15. The minimum Gasteiger partial charge on any atom is -0.467 e. The van der Waals surface area contributed by atoms with E-state index >= 15 is 0 Å². The fourth-order valence-electron chi connectivity index (χ4n) is 1.79. The fourth-order valence-corrected chi connectivity index (χ4v) is 1.79. The molecule has 0 radical (unpaired) electrons. The summed E-state index contributed by atoms with van der Waals surface area (Å²) in [6, 6.07) is 8.66. The van der Waals surface area contributed by atoms with Crippen LogP contribution in [0.3, 0.4) is 0 Å². The van der Waals surface area contributed by atoms with Crippen molar-refractivity contribution < 1.29 is 19.1 Å². The van der Waals surface area contributed by atoms with E-state index in [2.05, 4.69) is 5.32 Å². The second kappa shape index (κ2) is 6.78. The summed E-state index contributed by atoms with van der Waals surface area (Å²) in [6.45, 7) is 3.54. The Bertz CT molecular complexity index is 432. The summed E-state index contributed by atoms with van der Waals surface area (Å²) in [5.74, 6) is -0.0666. The van der Waals surface area contributed by atoms with Crippen LogP contribution in [0.4, 0.5) is 4.79 Å². The molecule has 0 aliphatic carbocycles. The molecule has 0 fully saturated rings. The van der Waals surface area contributed by atoms with E-state index in [0.717, 1.165) is 6.42 Å². The van der Waals surface area contributed by atoms with Gasteiger partial charge in [-0.2, -0.15) is 0 Å². The van der Waals surface area contributed by atoms with E-state index in [1.165, 1.54) is 7.11 Å². The van der Waals surface area contributed by atoms with Gasteiger partial charge in [0, 0.05) is 0 Å². The molecule has 5 nitrogen and oxygen atoms in total. The minimum absolute atomic E-state index is 0.420. The first-order chi connectivity index (χ1) is 9.01. The number of ether oxygens (including phenoxy) is 2. The molecular formula is C14H19NO4. The Balaban J connectivity index is 2.69. The molecule has 1 aromatic rings. The molecule has 19 heavy (non-hydrogen) atoms. The Hall–Kier alpha value is -2.04. The van der Waals surface area contributed by atoms with Gasteiger partial charge >= 0.3 is 12.1 Å². The van der Waals surface area contributed by atoms with Crippen molar-refractivity contribution in [3.8, 4) is 5.75 Å². The lowest BCUT2D eigenvalue weighted by Crippen LogP contribution is -2.53. The fraction of sp³-hybridized carbons (Fsp3) is 0.429. The highest BCUT2D eigenvalue weighted by Gasteiger charge is 2.35. The number of nitrogens with one attached hydrogen (secondary N) is 1. The summed E-state index contributed by atoms with van der Waals surface area (Å²) in [5.41, 5.74) is -1.07. The first-order valence-corrected chi connectivity index (χ1v) is 6.15. The van der Waals surface area contributed by atoms with Crippen LogP contribution in [0.2, 0.25) is 0 Å². The van der Waals surface area contributed by atoms with Crippen LogP contribution in [-0.2, 0) is 9.53 Å². The molecule has 0 aliphatic heterocycles. The summed E-state index contributed by atoms with van der Waals surface area (Å²) in [5, 5.41) is 2.56. The van der Waals surface area contributed by atoms with Crippen LogP contribution in [0.1, 0.15) is 26.7 Å². The van der Waals surface area contributed by atoms with Gasteiger partial charge < -0.3 is 14.8 Å². The highest BCUT2D eigenvalue weighted by atomic mass is 16.6. The number of hydrogen-bond acceptors (Lipinski definition) is 4. The molecular weight excluding hydrogens is 246 g/mol. The molecule has 0 aliphatic rings. The van der Waals surface area contributed by atoms with Gasteiger partial charge in [0.15, 0.2) is 0 Å². The number of rotatable bonds is 5. The quantitative estimate of drug-likeness (QED) is 0.831. The Kier molecular flexibility index (Phi) is 5.36. The van der Waals surface area contributed by atoms with E-state index in [9.17, 15) is 9.59 Å². The first-order valence-electron chi connectivity index (χ1n) is 6.15. The predicted octanol–water partition coefficient (Wildman–Crippen LogP) is 2.51. The van der Waals surface area contributed by atoms with Gasteiger partial charge in [0.1, 0.15) is 11.3 Å². The number of esters is 1. The van der Waals surface area contributed by atoms with Crippen LogP contribution in [-0.4, -0.2) is 24.7 Å². The Morgan fingerprint density at radius 1 is 1.26 bits per heavy atom. The molecule has 5 heteroatoms. The van der Waals surface area contributed by atoms with Crippen LogP contribution in [0.25, 0.3) is 0 Å². The second-order valence-electron chi connectivity index (χ2n) is 4.40. The third-order valence-corrected chi connectivity index (χ3v) is 2.72. The smallest absolute Gasteiger partial charge is 0.413 e. The standard InChI is InChI=1S/C14H19NO4/c1-4-10-14(2,12(16)18-3)15-13(17)19-11-8-6-5-7-9-11/h5-9H,4,10H2,1-3H3,(H,15,17). The van der Waals surface area contributed by atoms with Crippen LogP contribution in [0.15, 0.2) is 30.3 Å². The average molecular weight is 265 g/mol. The van der Waals surface area contributed by atoms with Gasteiger partial charge in [-0.1, -0.05) is 31.5 Å². The molecule has 1 atom stereocenters. The molecule has 0 saturated carbocycles. The van der Waals surface area contributed by atoms with Crippen molar-refractivity contribution in [1.82, 2.24) is 5.32 Å². The van der Waals surface area contributed by atoms with E-state index in [1.807, 2.05) is 13.0 Å². The van der Waals surface area contributed by atoms with Crippen LogP contribution in [0.5, 0.6) is 5.75 Å². The van der Waals surface area contributed by atoms with Crippen molar-refractivity contribution in [2.75, 3.05) is 7.11 Å². The van der Waals surface area contributed by atoms with Gasteiger partial charge in [0.25, 0.3) is 0 Å². The van der Waals surface area contributed by atoms with E-state index in [0.29, 0.717) is 12.2 Å². The lowest BCUT2D eigenvalue weighted by Gasteiger charge is -2.26. The SMILES string of the molecule is CCCC(C)(NC(=O)Oc1ccccc1)C(=O)OC. The van der Waals surface area contributed by atoms with Gasteiger partial charge in [-0.05, 0) is 25.5 Å². The van der Waals surface area contributed by atoms with Crippen LogP contribution < -0.4 is 10.1 Å². The third kappa shape index (κ3) is 4.28. The maximum Gasteiger partial charge on any atom is 0.413 e. The first kappa shape index (κ1) is 15.0. The lowest BCUT2D eigenvalue weighted by molar-refractivity contribution is -0.147. The molecule has 0 heterocycles. The van der Waals surface area contributed by atoms with Gasteiger partial charge in [-0.3, -0.25) is 0 Å². The van der Waals surface area contributed by atoms with Crippen molar-refractivity contribution in [2.45, 2.75) is 32.2 Å². The number of para-hydroxylation sites is 1. The zero-order valence-corrected chi connectivity index (χ0v) is 11.4. The summed E-state index contributed by atoms with van der Waals surface area (Å²) >= 11 is 0. The largest absolute Gasteiger partial charge is 0.467 e. The van der Waals surface area contributed by atoms with Crippen LogP contribution >= 0.6 is 0 Å². The maximum absolute atomic E-state index is 11.8. The molecule has 1 N–H and O–H groups in total. The molecule has 1 aromatic carbocycles. The number of carbonyl (C=O) groups is 2. The number of carbonyl (C=O) groups excluding carboxylic acids is 2. The van der Waals surface area contributed by atoms with Crippen molar-refractivity contribution >= 4 is 12.1 Å². The number of amides is 1. The molecule has 0 aromatic heterocycles. The molecule has 1 rings (SSSR count). The summed E-state index contributed by atoms with van der Waals surface area (Å²) in [6.07, 6.45) is 0.536. The van der Waals surface area contributed by atoms with Crippen molar-refractivity contribution in [3.05, 3.63) is 30.3 Å². The lowest BCUT2D eigenvalue weighted by atomic mass is 9.96. The molecule has 1 unspecified atom stereocenters. The molecule has 0 bridgehead atoms. The zero-order valence-electron chi connectivity index (χ0n) is 11.4. The number of benzene rings is 1. The minimum atomic E-state index is -1.07. The summed E-state index contributed by atoms with van der Waals surface area (Å²) < 4.78 is 9.80. The van der Waals surface area contributed by atoms with Crippen LogP contribution in [0, 0.1) is 0 Å². The maximum atomic E-state index is 11.8. The number of hydrogen-bond donors (Lipinski definition) is 1. The molecule has 0 saturated heterocycles. The Morgan fingerprint density at radius 3 is 2.42 bits per heavy atom. The summed E-state index contributed by atoms with van der Waals surface area (Å²) in [7, 11) is 1.29. The predicted molar refractivity (Wildman–Crippen MR) is 70.9 cm³/mol. The van der Waals surface area contributed by atoms with Gasteiger partial charge in [0.2, 0.25) is 0 Å².